The Balaban J connectivity index is 2.76. The summed E-state index contributed by atoms with van der Waals surface area (Å²) in [6.07, 6.45) is 0.641. The standard InChI is InChI=1S/C11H17BrN2O2S/c1-8(2)5-6-17(15,16)14-11-4-3-9(13)7-10(11)12/h3-4,7-8,14H,5-6,13H2,1-2H3. The van der Waals surface area contributed by atoms with Crippen molar-refractivity contribution in [3.05, 3.63) is 22.7 Å². The number of hydrogen-bond donors (Lipinski definition) is 2. The fourth-order valence-corrected chi connectivity index (χ4v) is 3.25. The summed E-state index contributed by atoms with van der Waals surface area (Å²) in [4.78, 5) is 0. The summed E-state index contributed by atoms with van der Waals surface area (Å²) < 4.78 is 26.7. The topological polar surface area (TPSA) is 72.2 Å². The molecular formula is C11H17BrN2O2S. The first kappa shape index (κ1) is 14.3. The summed E-state index contributed by atoms with van der Waals surface area (Å²) in [6, 6.07) is 4.97. The summed E-state index contributed by atoms with van der Waals surface area (Å²) >= 11 is 3.27. The molecule has 0 heterocycles. The zero-order chi connectivity index (χ0) is 13.1. The van der Waals surface area contributed by atoms with E-state index in [1.807, 2.05) is 13.8 Å². The Morgan fingerprint density at radius 3 is 2.59 bits per heavy atom. The lowest BCUT2D eigenvalue weighted by atomic mass is 10.2. The smallest absolute Gasteiger partial charge is 0.232 e. The summed E-state index contributed by atoms with van der Waals surface area (Å²) in [7, 11) is -3.29. The molecule has 0 unspecified atom stereocenters. The number of sulfonamides is 1. The van der Waals surface area contributed by atoms with Gasteiger partial charge < -0.3 is 5.73 Å². The highest BCUT2D eigenvalue weighted by molar-refractivity contribution is 9.10. The molecule has 0 aliphatic heterocycles. The fourth-order valence-electron chi connectivity index (χ4n) is 1.22. The molecule has 4 nitrogen and oxygen atoms in total. The van der Waals surface area contributed by atoms with Gasteiger partial charge in [0.25, 0.3) is 0 Å². The molecule has 0 aromatic heterocycles. The number of nitrogen functional groups attached to an aromatic ring is 1. The van der Waals surface area contributed by atoms with Gasteiger partial charge in [0.1, 0.15) is 0 Å². The monoisotopic (exact) mass is 320 g/mol. The van der Waals surface area contributed by atoms with Gasteiger partial charge in [-0.2, -0.15) is 0 Å². The van der Waals surface area contributed by atoms with Crippen molar-refractivity contribution in [2.45, 2.75) is 20.3 Å². The average molecular weight is 321 g/mol. The number of hydrogen-bond acceptors (Lipinski definition) is 3. The molecule has 0 spiro atoms. The van der Waals surface area contributed by atoms with Gasteiger partial charge in [0, 0.05) is 10.2 Å². The number of nitrogens with two attached hydrogens (primary N) is 1. The van der Waals surface area contributed by atoms with Crippen molar-refractivity contribution in [1.29, 1.82) is 0 Å². The van der Waals surface area contributed by atoms with Crippen LogP contribution in [0.2, 0.25) is 0 Å². The number of anilines is 2. The maximum Gasteiger partial charge on any atom is 0.232 e. The van der Waals surface area contributed by atoms with Crippen LogP contribution in [0.4, 0.5) is 11.4 Å². The van der Waals surface area contributed by atoms with Gasteiger partial charge in [-0.1, -0.05) is 13.8 Å². The molecule has 0 saturated heterocycles. The van der Waals surface area contributed by atoms with Crippen molar-refractivity contribution < 1.29 is 8.42 Å². The van der Waals surface area contributed by atoms with Crippen molar-refractivity contribution in [3.8, 4) is 0 Å². The van der Waals surface area contributed by atoms with Gasteiger partial charge in [-0.05, 0) is 46.5 Å². The molecule has 1 aromatic carbocycles. The second-order valence-electron chi connectivity index (χ2n) is 4.34. The number of benzene rings is 1. The van der Waals surface area contributed by atoms with E-state index in [2.05, 4.69) is 20.7 Å². The third kappa shape index (κ3) is 4.95. The Morgan fingerprint density at radius 1 is 1.41 bits per heavy atom. The predicted molar refractivity (Wildman–Crippen MR) is 75.4 cm³/mol. The highest BCUT2D eigenvalue weighted by Crippen LogP contribution is 2.25. The highest BCUT2D eigenvalue weighted by atomic mass is 79.9. The largest absolute Gasteiger partial charge is 0.399 e. The van der Waals surface area contributed by atoms with Crippen LogP contribution in [0.3, 0.4) is 0 Å². The molecule has 0 fully saturated rings. The third-order valence-electron chi connectivity index (χ3n) is 2.22. The van der Waals surface area contributed by atoms with Crippen molar-refractivity contribution in [3.63, 3.8) is 0 Å². The second-order valence-corrected chi connectivity index (χ2v) is 7.04. The summed E-state index contributed by atoms with van der Waals surface area (Å²) in [5.41, 5.74) is 6.68. The van der Waals surface area contributed by atoms with Gasteiger partial charge in [0.2, 0.25) is 10.0 Å². The zero-order valence-electron chi connectivity index (χ0n) is 9.90. The molecule has 0 aliphatic carbocycles. The maximum atomic E-state index is 11.8. The van der Waals surface area contributed by atoms with Crippen molar-refractivity contribution in [2.75, 3.05) is 16.2 Å². The predicted octanol–water partition coefficient (Wildman–Crippen LogP) is 2.82. The summed E-state index contributed by atoms with van der Waals surface area (Å²) in [5, 5.41) is 0. The number of halogens is 1. The molecule has 96 valence electrons. The molecule has 0 atom stereocenters. The lowest BCUT2D eigenvalue weighted by Crippen LogP contribution is -2.18. The van der Waals surface area contributed by atoms with Gasteiger partial charge >= 0.3 is 0 Å². The molecule has 17 heavy (non-hydrogen) atoms. The van der Waals surface area contributed by atoms with E-state index in [4.69, 9.17) is 5.73 Å². The van der Waals surface area contributed by atoms with Crippen LogP contribution in [0.1, 0.15) is 20.3 Å². The van der Waals surface area contributed by atoms with E-state index < -0.39 is 10.0 Å². The molecule has 3 N–H and O–H groups in total. The minimum absolute atomic E-state index is 0.126. The van der Waals surface area contributed by atoms with E-state index in [1.165, 1.54) is 0 Å². The van der Waals surface area contributed by atoms with Crippen LogP contribution in [0.5, 0.6) is 0 Å². The minimum Gasteiger partial charge on any atom is -0.399 e. The van der Waals surface area contributed by atoms with Gasteiger partial charge in [0.15, 0.2) is 0 Å². The van der Waals surface area contributed by atoms with Gasteiger partial charge in [-0.25, -0.2) is 8.42 Å². The lowest BCUT2D eigenvalue weighted by Gasteiger charge is -2.11. The molecule has 1 aromatic rings. The van der Waals surface area contributed by atoms with Crippen molar-refractivity contribution in [2.24, 2.45) is 5.92 Å². The quantitative estimate of drug-likeness (QED) is 0.819. The first-order valence-corrected chi connectivity index (χ1v) is 7.80. The number of nitrogens with one attached hydrogen (secondary N) is 1. The normalized spacial score (nSPS) is 11.8. The third-order valence-corrected chi connectivity index (χ3v) is 4.18. The number of rotatable bonds is 5. The molecule has 0 bridgehead atoms. The second kappa shape index (κ2) is 5.73. The van der Waals surface area contributed by atoms with Crippen LogP contribution < -0.4 is 10.5 Å². The molecule has 0 aliphatic rings. The Morgan fingerprint density at radius 2 is 2.06 bits per heavy atom. The molecule has 0 radical (unpaired) electrons. The van der Waals surface area contributed by atoms with Gasteiger partial charge in [-0.15, -0.1) is 0 Å². The Hall–Kier alpha value is -0.750. The summed E-state index contributed by atoms with van der Waals surface area (Å²) in [6.45, 7) is 3.99. The highest BCUT2D eigenvalue weighted by Gasteiger charge is 2.13. The summed E-state index contributed by atoms with van der Waals surface area (Å²) in [5.74, 6) is 0.489. The van der Waals surface area contributed by atoms with E-state index in [0.717, 1.165) is 0 Å². The van der Waals surface area contributed by atoms with Crippen LogP contribution in [0.15, 0.2) is 22.7 Å². The van der Waals surface area contributed by atoms with Gasteiger partial charge in [0.05, 0.1) is 11.4 Å². The Kier molecular flexibility index (Phi) is 4.82. The average Bonchev–Trinajstić information content (AvgIpc) is 2.20. The van der Waals surface area contributed by atoms with Crippen LogP contribution >= 0.6 is 15.9 Å². The molecule has 0 amide bonds. The molecule has 0 saturated carbocycles. The molecule has 6 heteroatoms. The van der Waals surface area contributed by atoms with Crippen molar-refractivity contribution >= 4 is 37.3 Å². The SMILES string of the molecule is CC(C)CCS(=O)(=O)Nc1ccc(N)cc1Br. The first-order chi connectivity index (χ1) is 7.80. The molecular weight excluding hydrogens is 304 g/mol. The maximum absolute atomic E-state index is 11.8. The van der Waals surface area contributed by atoms with Crippen molar-refractivity contribution in [1.82, 2.24) is 0 Å². The van der Waals surface area contributed by atoms with E-state index in [-0.39, 0.29) is 5.75 Å². The van der Waals surface area contributed by atoms with Crippen LogP contribution in [-0.4, -0.2) is 14.2 Å². The van der Waals surface area contributed by atoms with E-state index >= 15 is 0 Å². The zero-order valence-corrected chi connectivity index (χ0v) is 12.3. The Bertz CT molecular complexity index is 486. The van der Waals surface area contributed by atoms with E-state index in [9.17, 15) is 8.42 Å². The fraction of sp³-hybridized carbons (Fsp3) is 0.455. The Labute approximate surface area is 111 Å². The molecule has 1 rings (SSSR count). The van der Waals surface area contributed by atoms with Crippen LogP contribution in [0, 0.1) is 5.92 Å². The van der Waals surface area contributed by atoms with Crippen LogP contribution in [-0.2, 0) is 10.0 Å². The van der Waals surface area contributed by atoms with Gasteiger partial charge in [-0.3, -0.25) is 4.72 Å². The van der Waals surface area contributed by atoms with Crippen LogP contribution in [0.25, 0.3) is 0 Å². The minimum atomic E-state index is -3.29. The lowest BCUT2D eigenvalue weighted by molar-refractivity contribution is 0.578. The van der Waals surface area contributed by atoms with E-state index in [1.54, 1.807) is 18.2 Å². The first-order valence-electron chi connectivity index (χ1n) is 5.35. The van der Waals surface area contributed by atoms with E-state index in [0.29, 0.717) is 28.2 Å².